The number of nitrogens with zero attached hydrogens (tertiary/aromatic N) is 2. The lowest BCUT2D eigenvalue weighted by Crippen LogP contribution is -2.13. The topological polar surface area (TPSA) is 54.4 Å². The number of hydrogen-bond donors (Lipinski definition) is 1. The van der Waals surface area contributed by atoms with Crippen LogP contribution in [0.3, 0.4) is 0 Å². The molecular formula is C36H23N3O2. The molecule has 0 radical (unpaired) electrons. The third-order valence-electron chi connectivity index (χ3n) is 8.19. The van der Waals surface area contributed by atoms with Gasteiger partial charge in [-0.15, -0.1) is 0 Å². The molecule has 5 heteroatoms. The summed E-state index contributed by atoms with van der Waals surface area (Å²) in [5.74, 6) is 0.885. The predicted molar refractivity (Wildman–Crippen MR) is 167 cm³/mol. The van der Waals surface area contributed by atoms with Crippen molar-refractivity contribution in [1.82, 2.24) is 10.3 Å². The molecule has 0 atom stereocenters. The maximum atomic E-state index is 6.53. The molecular weight excluding hydrogens is 506 g/mol. The van der Waals surface area contributed by atoms with Crippen molar-refractivity contribution in [1.29, 1.82) is 0 Å². The molecule has 1 aliphatic heterocycles. The van der Waals surface area contributed by atoms with Gasteiger partial charge in [0.15, 0.2) is 5.58 Å². The molecule has 0 bridgehead atoms. The maximum Gasteiger partial charge on any atom is 0.162 e. The Bertz CT molecular complexity index is 2340. The van der Waals surface area contributed by atoms with Gasteiger partial charge < -0.3 is 19.1 Å². The van der Waals surface area contributed by atoms with Crippen LogP contribution in [-0.2, 0) is 6.54 Å². The Labute approximate surface area is 234 Å². The van der Waals surface area contributed by atoms with Crippen LogP contribution in [-0.4, -0.2) is 4.98 Å². The summed E-state index contributed by atoms with van der Waals surface area (Å²) in [6.07, 6.45) is 7.73. The first-order valence-corrected chi connectivity index (χ1v) is 13.7. The van der Waals surface area contributed by atoms with Crippen molar-refractivity contribution < 1.29 is 8.83 Å². The summed E-state index contributed by atoms with van der Waals surface area (Å²) in [5.41, 5.74) is 6.54. The smallest absolute Gasteiger partial charge is 0.162 e. The first-order chi connectivity index (χ1) is 20.3. The van der Waals surface area contributed by atoms with Crippen LogP contribution >= 0.6 is 0 Å². The molecule has 0 saturated heterocycles. The number of pyridine rings is 1. The Balaban J connectivity index is 1.37. The highest BCUT2D eigenvalue weighted by molar-refractivity contribution is 6.13. The van der Waals surface area contributed by atoms with Crippen LogP contribution in [0.5, 0.6) is 0 Å². The summed E-state index contributed by atoms with van der Waals surface area (Å²) < 4.78 is 12.8. The molecule has 9 rings (SSSR count). The average Bonchev–Trinajstić information content (AvgIpc) is 3.60. The Morgan fingerprint density at radius 1 is 0.659 bits per heavy atom. The maximum absolute atomic E-state index is 6.53. The number of aromatic nitrogens is 1. The van der Waals surface area contributed by atoms with Gasteiger partial charge in [-0.25, -0.2) is 0 Å². The van der Waals surface area contributed by atoms with Crippen molar-refractivity contribution in [2.75, 3.05) is 4.90 Å². The van der Waals surface area contributed by atoms with Gasteiger partial charge in [0.2, 0.25) is 0 Å². The van der Waals surface area contributed by atoms with E-state index in [1.807, 2.05) is 48.9 Å². The summed E-state index contributed by atoms with van der Waals surface area (Å²) >= 11 is 0. The number of hydrogen-bond acceptors (Lipinski definition) is 5. The van der Waals surface area contributed by atoms with Gasteiger partial charge in [-0.3, -0.25) is 4.98 Å². The number of para-hydroxylation sites is 1. The highest BCUT2D eigenvalue weighted by atomic mass is 16.3. The fourth-order valence-electron chi connectivity index (χ4n) is 6.33. The second-order valence-electron chi connectivity index (χ2n) is 10.5. The molecule has 5 nitrogen and oxygen atoms in total. The number of anilines is 3. The lowest BCUT2D eigenvalue weighted by molar-refractivity contribution is 0.592. The Morgan fingerprint density at radius 3 is 2.46 bits per heavy atom. The summed E-state index contributed by atoms with van der Waals surface area (Å²) in [4.78, 5) is 6.98. The fourth-order valence-corrected chi connectivity index (χ4v) is 6.33. The zero-order chi connectivity index (χ0) is 26.9. The largest absolute Gasteiger partial charge is 0.456 e. The number of nitrogens with one attached hydrogen (secondary N) is 1. The van der Waals surface area contributed by atoms with Crippen molar-refractivity contribution in [2.24, 2.45) is 0 Å². The quantitative estimate of drug-likeness (QED) is 0.231. The normalized spacial score (nSPS) is 12.9. The van der Waals surface area contributed by atoms with E-state index in [4.69, 9.17) is 13.8 Å². The molecule has 5 aromatic carbocycles. The third kappa shape index (κ3) is 3.26. The molecule has 0 unspecified atom stereocenters. The SMILES string of the molecule is C1=Cc2oc3cccc(N(c4ccc5c(ccc6ccccc65)c4)c4cncc5c4oc4ccccc45)c3c2CN1. The van der Waals surface area contributed by atoms with Crippen molar-refractivity contribution in [3.8, 4) is 0 Å². The van der Waals surface area contributed by atoms with Crippen LogP contribution in [0.25, 0.3) is 60.5 Å². The van der Waals surface area contributed by atoms with Gasteiger partial charge >= 0.3 is 0 Å². The summed E-state index contributed by atoms with van der Waals surface area (Å²) in [6, 6.07) is 34.0. The van der Waals surface area contributed by atoms with Gasteiger partial charge in [-0.1, -0.05) is 66.7 Å². The molecule has 0 aliphatic carbocycles. The van der Waals surface area contributed by atoms with Crippen molar-refractivity contribution in [3.05, 3.63) is 127 Å². The van der Waals surface area contributed by atoms with E-state index in [1.54, 1.807) is 0 Å². The van der Waals surface area contributed by atoms with E-state index in [-0.39, 0.29) is 0 Å². The van der Waals surface area contributed by atoms with Crippen LogP contribution in [0, 0.1) is 0 Å². The minimum absolute atomic E-state index is 0.695. The minimum Gasteiger partial charge on any atom is -0.456 e. The van der Waals surface area contributed by atoms with Crippen LogP contribution < -0.4 is 10.2 Å². The van der Waals surface area contributed by atoms with Crippen LogP contribution in [0.4, 0.5) is 17.1 Å². The van der Waals surface area contributed by atoms with Gasteiger partial charge in [-0.05, 0) is 58.0 Å². The summed E-state index contributed by atoms with van der Waals surface area (Å²) in [5, 5.41) is 11.3. The van der Waals surface area contributed by atoms with Crippen molar-refractivity contribution in [2.45, 2.75) is 6.54 Å². The van der Waals surface area contributed by atoms with Gasteiger partial charge in [0, 0.05) is 46.4 Å². The minimum atomic E-state index is 0.695. The molecule has 8 aromatic rings. The van der Waals surface area contributed by atoms with E-state index >= 15 is 0 Å². The lowest BCUT2D eigenvalue weighted by atomic mass is 10.0. The van der Waals surface area contributed by atoms with E-state index in [9.17, 15) is 0 Å². The van der Waals surface area contributed by atoms with Crippen molar-refractivity contribution in [3.63, 3.8) is 0 Å². The van der Waals surface area contributed by atoms with E-state index in [2.05, 4.69) is 83.0 Å². The lowest BCUT2D eigenvalue weighted by Gasteiger charge is -2.26. The van der Waals surface area contributed by atoms with E-state index < -0.39 is 0 Å². The Morgan fingerprint density at radius 2 is 1.49 bits per heavy atom. The fraction of sp³-hybridized carbons (Fsp3) is 0.0278. The highest BCUT2D eigenvalue weighted by Gasteiger charge is 2.25. The van der Waals surface area contributed by atoms with Gasteiger partial charge in [0.05, 0.1) is 11.9 Å². The molecule has 41 heavy (non-hydrogen) atoms. The van der Waals surface area contributed by atoms with E-state index in [1.165, 1.54) is 21.5 Å². The number of fused-ring (bicyclic) bond motifs is 9. The van der Waals surface area contributed by atoms with Crippen LogP contribution in [0.1, 0.15) is 11.3 Å². The zero-order valence-electron chi connectivity index (χ0n) is 22.0. The van der Waals surface area contributed by atoms with Crippen molar-refractivity contribution >= 4 is 77.6 Å². The first-order valence-electron chi connectivity index (χ1n) is 13.7. The molecule has 3 aromatic heterocycles. The number of rotatable bonds is 3. The molecule has 1 aliphatic rings. The molecule has 194 valence electrons. The molecule has 0 saturated carbocycles. The van der Waals surface area contributed by atoms with Gasteiger partial charge in [0.25, 0.3) is 0 Å². The molecule has 4 heterocycles. The molecule has 0 amide bonds. The summed E-state index contributed by atoms with van der Waals surface area (Å²) in [6.45, 7) is 0.695. The average molecular weight is 530 g/mol. The highest BCUT2D eigenvalue weighted by Crippen LogP contribution is 2.46. The second-order valence-corrected chi connectivity index (χ2v) is 10.5. The number of benzene rings is 5. The molecule has 1 N–H and O–H groups in total. The molecule has 0 spiro atoms. The summed E-state index contributed by atoms with van der Waals surface area (Å²) in [7, 11) is 0. The van der Waals surface area contributed by atoms with Gasteiger partial charge in [-0.2, -0.15) is 0 Å². The Hall–Kier alpha value is -5.55. The first kappa shape index (κ1) is 22.3. The van der Waals surface area contributed by atoms with E-state index in [0.29, 0.717) is 6.54 Å². The standard InChI is InChI=1S/C36H23N3O2/c1-2-7-25-22(6-1)12-13-23-18-24(14-15-26(23)25)39(30-9-5-11-34-35(30)29-20-37-17-16-33(29)40-34)31-21-38-19-28-27-8-3-4-10-32(27)41-36(28)31/h1-19,21,37H,20H2. The Kier molecular flexibility index (Phi) is 4.61. The predicted octanol–water partition coefficient (Wildman–Crippen LogP) is 9.58. The monoisotopic (exact) mass is 529 g/mol. The van der Waals surface area contributed by atoms with Gasteiger partial charge in [0.1, 0.15) is 22.6 Å². The van der Waals surface area contributed by atoms with Crippen LogP contribution in [0.2, 0.25) is 0 Å². The molecule has 0 fully saturated rings. The van der Waals surface area contributed by atoms with Crippen LogP contribution in [0.15, 0.2) is 124 Å². The number of furan rings is 2. The zero-order valence-corrected chi connectivity index (χ0v) is 22.0. The van der Waals surface area contributed by atoms with E-state index in [0.717, 1.165) is 61.3 Å². The third-order valence-corrected chi connectivity index (χ3v) is 8.19. The second kappa shape index (κ2) is 8.47.